The lowest BCUT2D eigenvalue weighted by atomic mass is 10.2. The first-order chi connectivity index (χ1) is 11.5. The van der Waals surface area contributed by atoms with Gasteiger partial charge in [-0.3, -0.25) is 0 Å². The van der Waals surface area contributed by atoms with E-state index in [4.69, 9.17) is 15.0 Å². The van der Waals surface area contributed by atoms with Crippen molar-refractivity contribution in [1.29, 1.82) is 0 Å². The summed E-state index contributed by atoms with van der Waals surface area (Å²) in [4.78, 5) is 16.0. The van der Waals surface area contributed by atoms with Gasteiger partial charge in [0.15, 0.2) is 6.61 Å². The number of nitrogen functional groups attached to an aromatic ring is 1. The van der Waals surface area contributed by atoms with Crippen LogP contribution in [0.25, 0.3) is 11.4 Å². The Morgan fingerprint density at radius 3 is 2.54 bits per heavy atom. The number of nitrogens with two attached hydrogens (primary N) is 1. The van der Waals surface area contributed by atoms with Gasteiger partial charge in [0.2, 0.25) is 5.82 Å². The Balaban J connectivity index is 1.67. The molecule has 0 saturated carbocycles. The molecule has 6 nitrogen and oxygen atoms in total. The molecule has 0 aliphatic rings. The fourth-order valence-corrected chi connectivity index (χ4v) is 1.95. The van der Waals surface area contributed by atoms with E-state index in [0.29, 0.717) is 5.56 Å². The van der Waals surface area contributed by atoms with Gasteiger partial charge < -0.3 is 15.0 Å². The van der Waals surface area contributed by atoms with Crippen molar-refractivity contribution in [3.8, 4) is 11.4 Å². The van der Waals surface area contributed by atoms with Crippen LogP contribution in [0.1, 0.15) is 16.2 Å². The number of benzene rings is 2. The molecule has 0 radical (unpaired) electrons. The SMILES string of the molecule is Nc1cc(F)ccc1C(=O)OCc1nc(-c2ccc(F)cc2)no1. The number of hydrogen-bond donors (Lipinski definition) is 1. The maximum atomic E-state index is 13.0. The van der Waals surface area contributed by atoms with Crippen molar-refractivity contribution in [3.05, 3.63) is 65.6 Å². The minimum Gasteiger partial charge on any atom is -0.452 e. The predicted octanol–water partition coefficient (Wildman–Crippen LogP) is 2.95. The van der Waals surface area contributed by atoms with Crippen LogP contribution in [0.5, 0.6) is 0 Å². The van der Waals surface area contributed by atoms with Gasteiger partial charge in [-0.1, -0.05) is 5.16 Å². The lowest BCUT2D eigenvalue weighted by Crippen LogP contribution is -2.08. The van der Waals surface area contributed by atoms with E-state index in [1.807, 2.05) is 0 Å². The van der Waals surface area contributed by atoms with Crippen LogP contribution in [0.4, 0.5) is 14.5 Å². The summed E-state index contributed by atoms with van der Waals surface area (Å²) in [5.41, 5.74) is 6.12. The highest BCUT2D eigenvalue weighted by Crippen LogP contribution is 2.18. The van der Waals surface area contributed by atoms with Gasteiger partial charge in [-0.25, -0.2) is 13.6 Å². The summed E-state index contributed by atoms with van der Waals surface area (Å²) in [5, 5.41) is 3.72. The summed E-state index contributed by atoms with van der Waals surface area (Å²) in [6.07, 6.45) is 0. The first-order valence-electron chi connectivity index (χ1n) is 6.83. The number of carbonyl (C=O) groups is 1. The van der Waals surface area contributed by atoms with Gasteiger partial charge >= 0.3 is 5.97 Å². The normalized spacial score (nSPS) is 10.6. The maximum Gasteiger partial charge on any atom is 0.340 e. The largest absolute Gasteiger partial charge is 0.452 e. The smallest absolute Gasteiger partial charge is 0.340 e. The number of carbonyl (C=O) groups excluding carboxylic acids is 1. The highest BCUT2D eigenvalue weighted by atomic mass is 19.1. The molecule has 8 heteroatoms. The molecule has 0 saturated heterocycles. The van der Waals surface area contributed by atoms with Crippen LogP contribution in [0.15, 0.2) is 47.0 Å². The first kappa shape index (κ1) is 15.6. The van der Waals surface area contributed by atoms with E-state index in [-0.39, 0.29) is 35.4 Å². The molecule has 3 rings (SSSR count). The molecule has 0 spiro atoms. The van der Waals surface area contributed by atoms with E-state index in [1.165, 1.54) is 30.3 Å². The van der Waals surface area contributed by atoms with Crippen LogP contribution in [-0.4, -0.2) is 16.1 Å². The molecular weight excluding hydrogens is 320 g/mol. The van der Waals surface area contributed by atoms with Crippen LogP contribution < -0.4 is 5.73 Å². The zero-order valence-electron chi connectivity index (χ0n) is 12.2. The van der Waals surface area contributed by atoms with E-state index in [9.17, 15) is 13.6 Å². The average Bonchev–Trinajstić information content (AvgIpc) is 3.02. The number of nitrogens with zero attached hydrogens (tertiary/aromatic N) is 2. The lowest BCUT2D eigenvalue weighted by molar-refractivity contribution is 0.0431. The summed E-state index contributed by atoms with van der Waals surface area (Å²) in [6, 6.07) is 8.88. The van der Waals surface area contributed by atoms with Gasteiger partial charge in [0.05, 0.1) is 5.56 Å². The Labute approximate surface area is 134 Å². The van der Waals surface area contributed by atoms with Crippen molar-refractivity contribution in [2.24, 2.45) is 0 Å². The standard InChI is InChI=1S/C16H11F2N3O3/c17-10-3-1-9(2-4-10)15-20-14(24-21-15)8-23-16(22)12-6-5-11(18)7-13(12)19/h1-7H,8,19H2. The van der Waals surface area contributed by atoms with Crippen LogP contribution >= 0.6 is 0 Å². The third kappa shape index (κ3) is 3.37. The molecule has 0 aliphatic carbocycles. The van der Waals surface area contributed by atoms with Gasteiger partial charge in [-0.05, 0) is 42.5 Å². The van der Waals surface area contributed by atoms with Crippen molar-refractivity contribution in [3.63, 3.8) is 0 Å². The third-order valence-electron chi connectivity index (χ3n) is 3.13. The Bertz CT molecular complexity index is 879. The van der Waals surface area contributed by atoms with Crippen LogP contribution in [0.3, 0.4) is 0 Å². The molecule has 0 fully saturated rings. The number of rotatable bonds is 4. The van der Waals surface area contributed by atoms with Crippen LogP contribution in [0, 0.1) is 11.6 Å². The van der Waals surface area contributed by atoms with Gasteiger partial charge in [0.25, 0.3) is 5.89 Å². The van der Waals surface area contributed by atoms with Crippen molar-refractivity contribution >= 4 is 11.7 Å². The molecule has 2 N–H and O–H groups in total. The highest BCUT2D eigenvalue weighted by molar-refractivity contribution is 5.94. The van der Waals surface area contributed by atoms with Crippen LogP contribution in [0.2, 0.25) is 0 Å². The van der Waals surface area contributed by atoms with Crippen molar-refractivity contribution in [2.75, 3.05) is 5.73 Å². The molecule has 3 aromatic rings. The second-order valence-corrected chi connectivity index (χ2v) is 4.83. The van der Waals surface area contributed by atoms with E-state index >= 15 is 0 Å². The first-order valence-corrected chi connectivity index (χ1v) is 6.83. The van der Waals surface area contributed by atoms with Gasteiger partial charge in [-0.2, -0.15) is 4.98 Å². The van der Waals surface area contributed by atoms with Crippen molar-refractivity contribution < 1.29 is 22.8 Å². The lowest BCUT2D eigenvalue weighted by Gasteiger charge is -2.04. The van der Waals surface area contributed by atoms with E-state index < -0.39 is 11.8 Å². The van der Waals surface area contributed by atoms with E-state index in [1.54, 1.807) is 0 Å². The Hall–Kier alpha value is -3.29. The molecular formula is C16H11F2N3O3. The molecule has 0 aliphatic heterocycles. The monoisotopic (exact) mass is 331 g/mol. The number of anilines is 1. The minimum absolute atomic E-state index is 0.0301. The number of aromatic nitrogens is 2. The quantitative estimate of drug-likeness (QED) is 0.584. The number of esters is 1. The Morgan fingerprint density at radius 2 is 1.83 bits per heavy atom. The van der Waals surface area contributed by atoms with Crippen LogP contribution in [-0.2, 0) is 11.3 Å². The maximum absolute atomic E-state index is 13.0. The van der Waals surface area contributed by atoms with Crippen molar-refractivity contribution in [1.82, 2.24) is 10.1 Å². The molecule has 0 amide bonds. The molecule has 24 heavy (non-hydrogen) atoms. The third-order valence-corrected chi connectivity index (χ3v) is 3.13. The Morgan fingerprint density at radius 1 is 1.12 bits per heavy atom. The molecule has 1 heterocycles. The number of halogens is 2. The topological polar surface area (TPSA) is 91.2 Å². The van der Waals surface area contributed by atoms with E-state index in [2.05, 4.69) is 10.1 Å². The fraction of sp³-hybridized carbons (Fsp3) is 0.0625. The fourth-order valence-electron chi connectivity index (χ4n) is 1.95. The van der Waals surface area contributed by atoms with Gasteiger partial charge in [0.1, 0.15) is 11.6 Å². The van der Waals surface area contributed by atoms with Crippen molar-refractivity contribution in [2.45, 2.75) is 6.61 Å². The zero-order chi connectivity index (χ0) is 17.1. The molecule has 2 aromatic carbocycles. The summed E-state index contributed by atoms with van der Waals surface area (Å²) in [6.45, 7) is -0.274. The molecule has 1 aromatic heterocycles. The predicted molar refractivity (Wildman–Crippen MR) is 79.6 cm³/mol. The van der Waals surface area contributed by atoms with Gasteiger partial charge in [-0.15, -0.1) is 0 Å². The average molecular weight is 331 g/mol. The molecule has 0 bridgehead atoms. The molecule has 0 unspecified atom stereocenters. The Kier molecular flexibility index (Phi) is 4.19. The minimum atomic E-state index is -0.742. The summed E-state index contributed by atoms with van der Waals surface area (Å²) < 4.78 is 35.8. The number of ether oxygens (including phenoxy) is 1. The second kappa shape index (κ2) is 6.45. The zero-order valence-corrected chi connectivity index (χ0v) is 12.2. The molecule has 122 valence electrons. The van der Waals surface area contributed by atoms with E-state index in [0.717, 1.165) is 12.1 Å². The molecule has 0 atom stereocenters. The highest BCUT2D eigenvalue weighted by Gasteiger charge is 2.15. The summed E-state index contributed by atoms with van der Waals surface area (Å²) in [5.74, 6) is -1.38. The number of hydrogen-bond acceptors (Lipinski definition) is 6. The summed E-state index contributed by atoms with van der Waals surface area (Å²) in [7, 11) is 0. The second-order valence-electron chi connectivity index (χ2n) is 4.83. The summed E-state index contributed by atoms with van der Waals surface area (Å²) >= 11 is 0. The van der Waals surface area contributed by atoms with Gasteiger partial charge in [0, 0.05) is 11.3 Å².